The van der Waals surface area contributed by atoms with E-state index in [1.165, 1.54) is 0 Å². The zero-order chi connectivity index (χ0) is 12.9. The van der Waals surface area contributed by atoms with Crippen molar-refractivity contribution in [3.8, 4) is 0 Å². The van der Waals surface area contributed by atoms with E-state index in [0.29, 0.717) is 19.8 Å². The molecule has 3 nitrogen and oxygen atoms in total. The van der Waals surface area contributed by atoms with Gasteiger partial charge < -0.3 is 13.3 Å². The first-order chi connectivity index (χ1) is 7.74. The molecule has 100 valence electrons. The van der Waals surface area contributed by atoms with E-state index in [1.54, 1.807) is 0 Å². The molecule has 0 atom stereocenters. The van der Waals surface area contributed by atoms with Gasteiger partial charge in [-0.25, -0.2) is 12.1 Å². The van der Waals surface area contributed by atoms with Gasteiger partial charge in [-0.05, 0) is 32.9 Å². The maximum atomic E-state index is 5.67. The van der Waals surface area contributed by atoms with Crippen LogP contribution in [-0.4, -0.2) is 43.8 Å². The maximum absolute atomic E-state index is 5.67. The normalized spacial score (nSPS) is 11.1. The SMILES string of the molecule is CCO[Si](CCCS)(OCC)OCC.[SiH3]S. The van der Waals surface area contributed by atoms with E-state index in [9.17, 15) is 0 Å². The number of hydrogen-bond acceptors (Lipinski definition) is 5. The number of rotatable bonds is 9. The summed E-state index contributed by atoms with van der Waals surface area (Å²) in [5.41, 5.74) is 0. The Bertz CT molecular complexity index is 125. The second-order valence-electron chi connectivity index (χ2n) is 2.81. The zero-order valence-corrected chi connectivity index (χ0v) is 15.7. The molecular weight excluding hydrogens is 276 g/mol. The molecule has 7 heteroatoms. The van der Waals surface area contributed by atoms with E-state index < -0.39 is 8.80 Å². The lowest BCUT2D eigenvalue weighted by Gasteiger charge is -2.28. The summed E-state index contributed by atoms with van der Waals surface area (Å²) < 4.78 is 17.0. The largest absolute Gasteiger partial charge is 0.500 e. The van der Waals surface area contributed by atoms with Gasteiger partial charge >= 0.3 is 8.80 Å². The lowest BCUT2D eigenvalue weighted by molar-refractivity contribution is 0.0712. The third-order valence-electron chi connectivity index (χ3n) is 1.73. The molecule has 0 N–H and O–H groups in total. The van der Waals surface area contributed by atoms with Crippen molar-refractivity contribution < 1.29 is 13.3 Å². The number of hydrogen-bond donors (Lipinski definition) is 2. The van der Waals surface area contributed by atoms with Crippen LogP contribution in [0.1, 0.15) is 27.2 Å². The van der Waals surface area contributed by atoms with Gasteiger partial charge in [0.25, 0.3) is 0 Å². The summed E-state index contributed by atoms with van der Waals surface area (Å²) in [4.78, 5) is 0. The molecule has 0 aromatic heterocycles. The van der Waals surface area contributed by atoms with Crippen LogP contribution in [0.5, 0.6) is 0 Å². The van der Waals surface area contributed by atoms with Crippen molar-refractivity contribution in [1.82, 2.24) is 0 Å². The molecule has 0 bridgehead atoms. The van der Waals surface area contributed by atoms with E-state index in [0.717, 1.165) is 27.6 Å². The molecule has 0 fully saturated rings. The van der Waals surface area contributed by atoms with Crippen LogP contribution in [0.3, 0.4) is 0 Å². The van der Waals surface area contributed by atoms with Gasteiger partial charge in [-0.2, -0.15) is 12.6 Å². The minimum atomic E-state index is -2.37. The molecule has 0 aromatic rings. The Morgan fingerprint density at radius 1 is 0.938 bits per heavy atom. The summed E-state index contributed by atoms with van der Waals surface area (Å²) in [5.74, 6) is 0.849. The molecule has 0 aliphatic carbocycles. The van der Waals surface area contributed by atoms with Gasteiger partial charge in [0.2, 0.25) is 0 Å². The Morgan fingerprint density at radius 2 is 1.31 bits per heavy atom. The Balaban J connectivity index is 0. The molecule has 0 aliphatic heterocycles. The minimum absolute atomic E-state index is 0.652. The Kier molecular flexibility index (Phi) is 17.0. The van der Waals surface area contributed by atoms with Crippen molar-refractivity contribution in [3.63, 3.8) is 0 Å². The van der Waals surface area contributed by atoms with Gasteiger partial charge in [-0.3, -0.25) is 0 Å². The Labute approximate surface area is 115 Å². The fourth-order valence-corrected chi connectivity index (χ4v) is 4.36. The van der Waals surface area contributed by atoms with Crippen LogP contribution in [-0.2, 0) is 13.3 Å². The highest BCUT2D eigenvalue weighted by atomic mass is 32.3. The van der Waals surface area contributed by atoms with E-state index in [1.807, 2.05) is 20.8 Å². The summed E-state index contributed by atoms with van der Waals surface area (Å²) in [6.45, 7) is 7.87. The van der Waals surface area contributed by atoms with Crippen molar-refractivity contribution in [2.24, 2.45) is 0 Å². The molecule has 0 heterocycles. The fourth-order valence-electron chi connectivity index (χ4n) is 1.30. The predicted octanol–water partition coefficient (Wildman–Crippen LogP) is 1.55. The van der Waals surface area contributed by atoms with E-state index >= 15 is 0 Å². The molecule has 16 heavy (non-hydrogen) atoms. The van der Waals surface area contributed by atoms with E-state index in [2.05, 4.69) is 24.7 Å². The minimum Gasteiger partial charge on any atom is -0.374 e. The average molecular weight is 303 g/mol. The highest BCUT2D eigenvalue weighted by molar-refractivity contribution is 8.03. The van der Waals surface area contributed by atoms with Crippen LogP contribution in [0.25, 0.3) is 0 Å². The molecule has 0 rings (SSSR count). The first-order valence-electron chi connectivity index (χ1n) is 5.72. The quantitative estimate of drug-likeness (QED) is 0.500. The van der Waals surface area contributed by atoms with Crippen LogP contribution in [0.2, 0.25) is 6.04 Å². The molecule has 0 unspecified atom stereocenters. The third-order valence-corrected chi connectivity index (χ3v) is 5.20. The first kappa shape index (κ1) is 19.4. The molecule has 0 radical (unpaired) electrons. The average Bonchev–Trinajstić information content (AvgIpc) is 2.30. The van der Waals surface area contributed by atoms with Gasteiger partial charge in [0, 0.05) is 25.9 Å². The van der Waals surface area contributed by atoms with E-state index in [4.69, 9.17) is 13.3 Å². The van der Waals surface area contributed by atoms with Crippen LogP contribution in [0, 0.1) is 0 Å². The second kappa shape index (κ2) is 14.1. The van der Waals surface area contributed by atoms with Crippen LogP contribution in [0.15, 0.2) is 0 Å². The van der Waals surface area contributed by atoms with Crippen LogP contribution < -0.4 is 0 Å². The first-order valence-corrected chi connectivity index (χ1v) is 11.9. The molecule has 0 saturated carbocycles. The summed E-state index contributed by atoms with van der Waals surface area (Å²) in [6.07, 6.45) is 0.981. The zero-order valence-electron chi connectivity index (χ0n) is 10.9. The summed E-state index contributed by atoms with van der Waals surface area (Å²) in [6, 6.07) is 0.867. The smallest absolute Gasteiger partial charge is 0.374 e. The Hall–Kier alpha value is 1.01. The van der Waals surface area contributed by atoms with Gasteiger partial charge in [0.15, 0.2) is 0 Å². The van der Waals surface area contributed by atoms with Gasteiger partial charge in [0.1, 0.15) is 0 Å². The summed E-state index contributed by atoms with van der Waals surface area (Å²) in [7, 11) is -1.37. The Morgan fingerprint density at radius 3 is 1.56 bits per heavy atom. The summed E-state index contributed by atoms with van der Waals surface area (Å²) in [5, 5.41) is 0. The van der Waals surface area contributed by atoms with Crippen molar-refractivity contribution in [3.05, 3.63) is 0 Å². The van der Waals surface area contributed by atoms with Crippen molar-refractivity contribution in [1.29, 1.82) is 0 Å². The van der Waals surface area contributed by atoms with Gasteiger partial charge in [0.05, 0.1) is 9.39 Å². The number of thiol groups is 2. The maximum Gasteiger partial charge on any atom is 0.500 e. The van der Waals surface area contributed by atoms with Gasteiger partial charge in [-0.1, -0.05) is 0 Å². The summed E-state index contributed by atoms with van der Waals surface area (Å²) >= 11 is 7.86. The lowest BCUT2D eigenvalue weighted by atomic mass is 10.6. The molecule has 0 aliphatic rings. The molecule has 0 amide bonds. The molecular formula is C9H26O3S2Si2. The third kappa shape index (κ3) is 9.09. The topological polar surface area (TPSA) is 27.7 Å². The van der Waals surface area contributed by atoms with Crippen LogP contribution in [0.4, 0.5) is 0 Å². The molecule has 0 spiro atoms. The van der Waals surface area contributed by atoms with Crippen molar-refractivity contribution in [2.75, 3.05) is 25.6 Å². The standard InChI is InChI=1S/C9H22O3SSi.H4SSi/c1-4-10-14(11-5-2,12-6-3)9-7-8-13;1-2/h13H,4-9H2,1-3H3;1H,2H3. The second-order valence-corrected chi connectivity index (χ2v) is 5.99. The van der Waals surface area contributed by atoms with Crippen LogP contribution >= 0.6 is 24.7 Å². The monoisotopic (exact) mass is 302 g/mol. The lowest BCUT2D eigenvalue weighted by Crippen LogP contribution is -2.46. The molecule has 0 saturated heterocycles. The van der Waals surface area contributed by atoms with Gasteiger partial charge in [-0.15, -0.1) is 0 Å². The fraction of sp³-hybridized carbons (Fsp3) is 1.00. The van der Waals surface area contributed by atoms with E-state index in [-0.39, 0.29) is 0 Å². The predicted molar refractivity (Wildman–Crippen MR) is 82.8 cm³/mol. The highest BCUT2D eigenvalue weighted by Crippen LogP contribution is 2.18. The van der Waals surface area contributed by atoms with Crippen molar-refractivity contribution in [2.45, 2.75) is 33.2 Å². The highest BCUT2D eigenvalue weighted by Gasteiger charge is 2.39. The van der Waals surface area contributed by atoms with Crippen molar-refractivity contribution >= 4 is 42.9 Å². The molecule has 0 aromatic carbocycles.